The lowest BCUT2D eigenvalue weighted by molar-refractivity contribution is 0.102. The van der Waals surface area contributed by atoms with E-state index in [9.17, 15) is 9.18 Å². The number of benzene rings is 1. The number of nitrogens with one attached hydrogen (secondary N) is 2. The molecule has 2 rings (SSSR count). The first-order chi connectivity index (χ1) is 9.49. The molecule has 4 N–H and O–H groups in total. The van der Waals surface area contributed by atoms with E-state index in [4.69, 9.17) is 17.4 Å². The topological polar surface area (TPSA) is 80.0 Å². The van der Waals surface area contributed by atoms with Gasteiger partial charge in [0.25, 0.3) is 5.91 Å². The van der Waals surface area contributed by atoms with E-state index in [1.165, 1.54) is 24.3 Å². The molecule has 0 aliphatic heterocycles. The van der Waals surface area contributed by atoms with Crippen molar-refractivity contribution in [1.82, 2.24) is 4.98 Å². The molecule has 104 valence electrons. The van der Waals surface area contributed by atoms with Gasteiger partial charge in [0.15, 0.2) is 0 Å². The first-order valence-corrected chi connectivity index (χ1v) is 6.09. The second-order valence-electron chi connectivity index (χ2n) is 4.11. The van der Waals surface area contributed by atoms with Crippen LogP contribution in [0.3, 0.4) is 0 Å². The number of aryl methyl sites for hydroxylation is 1. The number of pyridine rings is 1. The summed E-state index contributed by atoms with van der Waals surface area (Å²) in [5, 5.41) is 2.56. The summed E-state index contributed by atoms with van der Waals surface area (Å²) in [7, 11) is 0. The number of rotatable bonds is 3. The van der Waals surface area contributed by atoms with E-state index in [0.29, 0.717) is 22.8 Å². The second-order valence-corrected chi connectivity index (χ2v) is 4.52. The molecule has 0 unspecified atom stereocenters. The molecular formula is C13H12ClFN4O. The van der Waals surface area contributed by atoms with Gasteiger partial charge in [-0.3, -0.25) is 4.79 Å². The molecule has 1 amide bonds. The predicted molar refractivity (Wildman–Crippen MR) is 76.1 cm³/mol. The zero-order chi connectivity index (χ0) is 14.7. The summed E-state index contributed by atoms with van der Waals surface area (Å²) in [6, 6.07) is 7.07. The summed E-state index contributed by atoms with van der Waals surface area (Å²) < 4.78 is 13.0. The Morgan fingerprint density at radius 2 is 2.10 bits per heavy atom. The van der Waals surface area contributed by atoms with Crippen molar-refractivity contribution >= 4 is 29.0 Å². The third-order valence-corrected chi connectivity index (χ3v) is 2.83. The van der Waals surface area contributed by atoms with Crippen molar-refractivity contribution in [3.8, 4) is 0 Å². The Balaban J connectivity index is 2.23. The molecule has 0 aliphatic rings. The Hall–Kier alpha value is -2.18. The van der Waals surface area contributed by atoms with Gasteiger partial charge in [0.1, 0.15) is 11.6 Å². The van der Waals surface area contributed by atoms with E-state index in [1.807, 2.05) is 0 Å². The predicted octanol–water partition coefficient (Wildman–Crippen LogP) is 2.72. The van der Waals surface area contributed by atoms with Crippen molar-refractivity contribution in [1.29, 1.82) is 0 Å². The molecule has 1 heterocycles. The zero-order valence-electron chi connectivity index (χ0n) is 10.6. The van der Waals surface area contributed by atoms with Crippen molar-refractivity contribution in [3.63, 3.8) is 0 Å². The first kappa shape index (κ1) is 14.2. The van der Waals surface area contributed by atoms with Gasteiger partial charge in [-0.1, -0.05) is 11.6 Å². The molecule has 0 aliphatic carbocycles. The fourth-order valence-corrected chi connectivity index (χ4v) is 1.83. The Labute approximate surface area is 119 Å². The second kappa shape index (κ2) is 5.85. The maximum atomic E-state index is 13.0. The standard InChI is InChI=1S/C13H12ClFN4O/c1-7-4-8(5-12(17-7)19-16)13(20)18-9-2-3-11(15)10(14)6-9/h2-6H,16H2,1H3,(H,17,19)(H,18,20). The van der Waals surface area contributed by atoms with Crippen LogP contribution < -0.4 is 16.6 Å². The number of carbonyl (C=O) groups excluding carboxylic acids is 1. The lowest BCUT2D eigenvalue weighted by atomic mass is 10.2. The summed E-state index contributed by atoms with van der Waals surface area (Å²) in [5.74, 6) is 4.75. The monoisotopic (exact) mass is 294 g/mol. The van der Waals surface area contributed by atoms with E-state index < -0.39 is 5.82 Å². The van der Waals surface area contributed by atoms with Gasteiger partial charge < -0.3 is 10.7 Å². The average molecular weight is 295 g/mol. The van der Waals surface area contributed by atoms with E-state index in [0.717, 1.165) is 0 Å². The molecule has 0 bridgehead atoms. The van der Waals surface area contributed by atoms with Gasteiger partial charge in [-0.2, -0.15) is 0 Å². The molecule has 20 heavy (non-hydrogen) atoms. The van der Waals surface area contributed by atoms with Crippen LogP contribution in [-0.4, -0.2) is 10.9 Å². The Morgan fingerprint density at radius 3 is 2.75 bits per heavy atom. The minimum absolute atomic E-state index is 0.0574. The van der Waals surface area contributed by atoms with E-state index in [1.54, 1.807) is 13.0 Å². The minimum atomic E-state index is -0.543. The quantitative estimate of drug-likeness (QED) is 0.600. The highest BCUT2D eigenvalue weighted by Crippen LogP contribution is 2.20. The SMILES string of the molecule is Cc1cc(C(=O)Nc2ccc(F)c(Cl)c2)cc(NN)n1. The van der Waals surface area contributed by atoms with Crippen LogP contribution in [0.15, 0.2) is 30.3 Å². The normalized spacial score (nSPS) is 10.2. The molecule has 0 radical (unpaired) electrons. The van der Waals surface area contributed by atoms with Crippen molar-refractivity contribution < 1.29 is 9.18 Å². The van der Waals surface area contributed by atoms with Crippen molar-refractivity contribution in [2.24, 2.45) is 5.84 Å². The fourth-order valence-electron chi connectivity index (χ4n) is 1.65. The number of amides is 1. The number of carbonyl (C=O) groups is 1. The van der Waals surface area contributed by atoms with Gasteiger partial charge in [-0.25, -0.2) is 15.2 Å². The highest BCUT2D eigenvalue weighted by atomic mass is 35.5. The molecule has 5 nitrogen and oxygen atoms in total. The molecule has 7 heteroatoms. The number of nitrogens with zero attached hydrogens (tertiary/aromatic N) is 1. The van der Waals surface area contributed by atoms with Crippen molar-refractivity contribution in [3.05, 3.63) is 52.4 Å². The number of hydrogen-bond acceptors (Lipinski definition) is 4. The number of aromatic nitrogens is 1. The highest BCUT2D eigenvalue weighted by molar-refractivity contribution is 6.31. The highest BCUT2D eigenvalue weighted by Gasteiger charge is 2.10. The van der Waals surface area contributed by atoms with Crippen molar-refractivity contribution in [2.75, 3.05) is 10.7 Å². The molecule has 0 saturated heterocycles. The first-order valence-electron chi connectivity index (χ1n) is 5.71. The van der Waals surface area contributed by atoms with Crippen LogP contribution >= 0.6 is 11.6 Å². The molecule has 0 atom stereocenters. The zero-order valence-corrected chi connectivity index (χ0v) is 11.3. The van der Waals surface area contributed by atoms with Crippen LogP contribution in [0.5, 0.6) is 0 Å². The van der Waals surface area contributed by atoms with Crippen LogP contribution in [0, 0.1) is 12.7 Å². The van der Waals surface area contributed by atoms with Crippen LogP contribution in [0.1, 0.15) is 16.1 Å². The molecule has 1 aromatic carbocycles. The van der Waals surface area contributed by atoms with E-state index >= 15 is 0 Å². The van der Waals surface area contributed by atoms with Gasteiger partial charge >= 0.3 is 0 Å². The Morgan fingerprint density at radius 1 is 1.35 bits per heavy atom. The van der Waals surface area contributed by atoms with Crippen LogP contribution in [0.4, 0.5) is 15.9 Å². The molecule has 0 saturated carbocycles. The van der Waals surface area contributed by atoms with Gasteiger partial charge in [0.2, 0.25) is 0 Å². The Kier molecular flexibility index (Phi) is 4.16. The number of nitrogens with two attached hydrogens (primary N) is 1. The van der Waals surface area contributed by atoms with Gasteiger partial charge in [0, 0.05) is 16.9 Å². The smallest absolute Gasteiger partial charge is 0.255 e. The van der Waals surface area contributed by atoms with Crippen LogP contribution in [0.25, 0.3) is 0 Å². The number of hydrazine groups is 1. The maximum absolute atomic E-state index is 13.0. The number of nitrogen functional groups attached to an aromatic ring is 1. The summed E-state index contributed by atoms with van der Waals surface area (Å²) in [6.07, 6.45) is 0. The number of hydrogen-bond donors (Lipinski definition) is 3. The maximum Gasteiger partial charge on any atom is 0.255 e. The summed E-state index contributed by atoms with van der Waals surface area (Å²) in [5.41, 5.74) is 3.80. The summed E-state index contributed by atoms with van der Waals surface area (Å²) in [6.45, 7) is 1.74. The average Bonchev–Trinajstić information content (AvgIpc) is 2.42. The number of halogens is 2. The third-order valence-electron chi connectivity index (χ3n) is 2.54. The van der Waals surface area contributed by atoms with Crippen molar-refractivity contribution in [2.45, 2.75) is 6.92 Å². The van der Waals surface area contributed by atoms with Crippen LogP contribution in [0.2, 0.25) is 5.02 Å². The minimum Gasteiger partial charge on any atom is -0.322 e. The largest absolute Gasteiger partial charge is 0.322 e. The summed E-state index contributed by atoms with van der Waals surface area (Å²) in [4.78, 5) is 16.2. The lowest BCUT2D eigenvalue weighted by Crippen LogP contribution is -2.15. The molecular weight excluding hydrogens is 283 g/mol. The molecule has 0 spiro atoms. The van der Waals surface area contributed by atoms with E-state index in [2.05, 4.69) is 15.7 Å². The fraction of sp³-hybridized carbons (Fsp3) is 0.0769. The molecule has 0 fully saturated rings. The van der Waals surface area contributed by atoms with Crippen LogP contribution in [-0.2, 0) is 0 Å². The molecule has 2 aromatic rings. The van der Waals surface area contributed by atoms with Gasteiger partial charge in [0.05, 0.1) is 5.02 Å². The Bertz CT molecular complexity index is 663. The lowest BCUT2D eigenvalue weighted by Gasteiger charge is -2.08. The summed E-state index contributed by atoms with van der Waals surface area (Å²) >= 11 is 5.65. The van der Waals surface area contributed by atoms with Gasteiger partial charge in [-0.15, -0.1) is 0 Å². The van der Waals surface area contributed by atoms with E-state index in [-0.39, 0.29) is 10.9 Å². The number of anilines is 2. The molecule has 1 aromatic heterocycles. The third kappa shape index (κ3) is 3.23. The van der Waals surface area contributed by atoms with Gasteiger partial charge in [-0.05, 0) is 37.3 Å².